The summed E-state index contributed by atoms with van der Waals surface area (Å²) in [6.07, 6.45) is 11.4. The highest BCUT2D eigenvalue weighted by Gasteiger charge is 2.20. The number of halogens is 1. The molecule has 0 aromatic carbocycles. The molecule has 2 nitrogen and oxygen atoms in total. The molecular weight excluding hydrogens is 300 g/mol. The van der Waals surface area contributed by atoms with Crippen LogP contribution in [0.4, 0.5) is 0 Å². The zero-order valence-corrected chi connectivity index (χ0v) is 13.5. The fraction of sp³-hybridized carbons (Fsp3) is 0.688. The van der Waals surface area contributed by atoms with Gasteiger partial charge in [-0.2, -0.15) is 0 Å². The van der Waals surface area contributed by atoms with E-state index in [0.29, 0.717) is 6.04 Å². The van der Waals surface area contributed by atoms with E-state index >= 15 is 0 Å². The van der Waals surface area contributed by atoms with E-state index in [0.717, 1.165) is 16.9 Å². The molecule has 1 aromatic rings. The number of hydrogen-bond acceptors (Lipinski definition) is 2. The first-order valence-electron chi connectivity index (χ1n) is 7.64. The molecular formula is C16H25BrN2. The predicted octanol–water partition coefficient (Wildman–Crippen LogP) is 4.86. The minimum atomic E-state index is 0.427. The molecule has 0 spiro atoms. The van der Waals surface area contributed by atoms with Crippen molar-refractivity contribution in [1.82, 2.24) is 10.3 Å². The molecule has 1 N–H and O–H groups in total. The van der Waals surface area contributed by atoms with Crippen LogP contribution in [0, 0.1) is 5.92 Å². The van der Waals surface area contributed by atoms with E-state index in [1.807, 2.05) is 6.20 Å². The Balaban J connectivity index is 1.99. The van der Waals surface area contributed by atoms with E-state index < -0.39 is 0 Å². The van der Waals surface area contributed by atoms with Crippen LogP contribution in [0.2, 0.25) is 0 Å². The highest BCUT2D eigenvalue weighted by Crippen LogP contribution is 2.31. The Morgan fingerprint density at radius 2 is 2.11 bits per heavy atom. The lowest BCUT2D eigenvalue weighted by molar-refractivity contribution is 0.297. The summed E-state index contributed by atoms with van der Waals surface area (Å²) in [6.45, 7) is 3.30. The van der Waals surface area contributed by atoms with Gasteiger partial charge in [0.25, 0.3) is 0 Å². The molecule has 1 fully saturated rings. The Hall–Kier alpha value is -0.410. The van der Waals surface area contributed by atoms with E-state index in [9.17, 15) is 0 Å². The molecule has 1 atom stereocenters. The quantitative estimate of drug-likeness (QED) is 0.808. The lowest BCUT2D eigenvalue weighted by atomic mass is 9.84. The first kappa shape index (κ1) is 15.0. The van der Waals surface area contributed by atoms with Gasteiger partial charge in [0.1, 0.15) is 0 Å². The molecule has 0 aliphatic heterocycles. The number of rotatable bonds is 6. The summed E-state index contributed by atoms with van der Waals surface area (Å²) < 4.78 is 1.06. The lowest BCUT2D eigenvalue weighted by Crippen LogP contribution is -2.26. The Kier molecular flexibility index (Phi) is 6.32. The number of nitrogens with one attached hydrogen (secondary N) is 1. The second-order valence-corrected chi connectivity index (χ2v) is 6.56. The Morgan fingerprint density at radius 3 is 2.74 bits per heavy atom. The summed E-state index contributed by atoms with van der Waals surface area (Å²) in [6, 6.07) is 4.68. The zero-order chi connectivity index (χ0) is 13.5. The summed E-state index contributed by atoms with van der Waals surface area (Å²) >= 11 is 3.46. The van der Waals surface area contributed by atoms with Crippen molar-refractivity contribution in [3.8, 4) is 0 Å². The van der Waals surface area contributed by atoms with E-state index in [-0.39, 0.29) is 0 Å². The molecule has 3 heteroatoms. The molecule has 1 saturated carbocycles. The molecule has 2 rings (SSSR count). The van der Waals surface area contributed by atoms with E-state index in [1.54, 1.807) is 0 Å². The monoisotopic (exact) mass is 324 g/mol. The molecule has 106 valence electrons. The fourth-order valence-corrected chi connectivity index (χ4v) is 3.21. The molecule has 1 aliphatic carbocycles. The lowest BCUT2D eigenvalue weighted by Gasteiger charge is -2.27. The van der Waals surface area contributed by atoms with Gasteiger partial charge in [0, 0.05) is 16.7 Å². The number of pyridine rings is 1. The van der Waals surface area contributed by atoms with Crippen molar-refractivity contribution in [2.45, 2.75) is 57.9 Å². The third-order valence-corrected chi connectivity index (χ3v) is 4.51. The van der Waals surface area contributed by atoms with Crippen molar-refractivity contribution < 1.29 is 0 Å². The summed E-state index contributed by atoms with van der Waals surface area (Å²) in [4.78, 5) is 4.59. The van der Waals surface area contributed by atoms with Crippen molar-refractivity contribution >= 4 is 15.9 Å². The van der Waals surface area contributed by atoms with Crippen LogP contribution < -0.4 is 5.32 Å². The van der Waals surface area contributed by atoms with Gasteiger partial charge in [-0.05, 0) is 53.4 Å². The van der Waals surface area contributed by atoms with E-state index in [1.165, 1.54) is 50.6 Å². The average molecular weight is 325 g/mol. The van der Waals surface area contributed by atoms with Gasteiger partial charge in [-0.15, -0.1) is 0 Å². The second-order valence-electron chi connectivity index (χ2n) is 5.65. The maximum absolute atomic E-state index is 4.59. The predicted molar refractivity (Wildman–Crippen MR) is 84.2 cm³/mol. The van der Waals surface area contributed by atoms with Crippen molar-refractivity contribution in [3.63, 3.8) is 0 Å². The van der Waals surface area contributed by atoms with Crippen molar-refractivity contribution in [2.75, 3.05) is 6.54 Å². The van der Waals surface area contributed by atoms with Crippen LogP contribution in [0.1, 0.15) is 63.6 Å². The van der Waals surface area contributed by atoms with Crippen LogP contribution in [0.15, 0.2) is 22.8 Å². The average Bonchev–Trinajstić information content (AvgIpc) is 2.45. The van der Waals surface area contributed by atoms with Crippen LogP contribution >= 0.6 is 15.9 Å². The minimum Gasteiger partial charge on any atom is -0.309 e. The molecule has 1 heterocycles. The van der Waals surface area contributed by atoms with Crippen molar-refractivity contribution in [3.05, 3.63) is 28.5 Å². The third-order valence-electron chi connectivity index (χ3n) is 4.04. The maximum Gasteiger partial charge on any atom is 0.0574 e. The highest BCUT2D eigenvalue weighted by atomic mass is 79.9. The largest absolute Gasteiger partial charge is 0.309 e. The van der Waals surface area contributed by atoms with Crippen molar-refractivity contribution in [1.29, 1.82) is 0 Å². The standard InChI is InChI=1S/C16H25BrN2/c1-2-10-18-16(11-13-6-4-3-5-7-13)15-9-8-14(17)12-19-15/h8-9,12-13,16,18H,2-7,10-11H2,1H3. The van der Waals surface area contributed by atoms with Gasteiger partial charge in [0.2, 0.25) is 0 Å². The summed E-state index contributed by atoms with van der Waals surface area (Å²) in [5.41, 5.74) is 1.20. The summed E-state index contributed by atoms with van der Waals surface area (Å²) in [5, 5.41) is 3.67. The van der Waals surface area contributed by atoms with Gasteiger partial charge >= 0.3 is 0 Å². The Labute approximate surface area is 125 Å². The van der Waals surface area contributed by atoms with Gasteiger partial charge in [-0.25, -0.2) is 0 Å². The summed E-state index contributed by atoms with van der Waals surface area (Å²) in [5.74, 6) is 0.883. The topological polar surface area (TPSA) is 24.9 Å². The third kappa shape index (κ3) is 4.88. The van der Waals surface area contributed by atoms with Gasteiger partial charge in [-0.1, -0.05) is 39.0 Å². The smallest absolute Gasteiger partial charge is 0.0574 e. The molecule has 0 radical (unpaired) electrons. The van der Waals surface area contributed by atoms with Gasteiger partial charge in [0.05, 0.1) is 5.69 Å². The first-order valence-corrected chi connectivity index (χ1v) is 8.43. The molecule has 0 bridgehead atoms. The fourth-order valence-electron chi connectivity index (χ4n) is 2.98. The van der Waals surface area contributed by atoms with E-state index in [2.05, 4.69) is 45.3 Å². The number of aromatic nitrogens is 1. The summed E-state index contributed by atoms with van der Waals surface area (Å²) in [7, 11) is 0. The normalized spacial score (nSPS) is 18.4. The van der Waals surface area contributed by atoms with E-state index in [4.69, 9.17) is 0 Å². The van der Waals surface area contributed by atoms with Crippen LogP contribution in [-0.2, 0) is 0 Å². The van der Waals surface area contributed by atoms with Crippen LogP contribution in [0.3, 0.4) is 0 Å². The molecule has 19 heavy (non-hydrogen) atoms. The minimum absolute atomic E-state index is 0.427. The highest BCUT2D eigenvalue weighted by molar-refractivity contribution is 9.10. The van der Waals surface area contributed by atoms with Crippen molar-refractivity contribution in [2.24, 2.45) is 5.92 Å². The Bertz CT molecular complexity index is 358. The number of nitrogens with zero attached hydrogens (tertiary/aromatic N) is 1. The molecule has 1 unspecified atom stereocenters. The van der Waals surface area contributed by atoms with Gasteiger partial charge < -0.3 is 5.32 Å². The second kappa shape index (κ2) is 8.01. The maximum atomic E-state index is 4.59. The molecule has 0 saturated heterocycles. The zero-order valence-electron chi connectivity index (χ0n) is 11.9. The van der Waals surface area contributed by atoms with Crippen LogP contribution in [-0.4, -0.2) is 11.5 Å². The molecule has 1 aliphatic rings. The first-order chi connectivity index (χ1) is 9.29. The van der Waals surface area contributed by atoms with Crippen LogP contribution in [0.25, 0.3) is 0 Å². The van der Waals surface area contributed by atoms with Gasteiger partial charge in [0.15, 0.2) is 0 Å². The molecule has 1 aromatic heterocycles. The molecule has 0 amide bonds. The SMILES string of the molecule is CCCNC(CC1CCCCC1)c1ccc(Br)cn1. The van der Waals surface area contributed by atoms with Crippen LogP contribution in [0.5, 0.6) is 0 Å². The Morgan fingerprint density at radius 1 is 1.32 bits per heavy atom. The van der Waals surface area contributed by atoms with Gasteiger partial charge in [-0.3, -0.25) is 4.98 Å². The number of hydrogen-bond donors (Lipinski definition) is 1.